The molecule has 0 aromatic heterocycles. The van der Waals surface area contributed by atoms with Crippen LogP contribution in [0.1, 0.15) is 77.8 Å². The molecule has 1 amide bonds. The number of amides is 1. The Kier molecular flexibility index (Phi) is 6.75. The highest BCUT2D eigenvalue weighted by molar-refractivity contribution is 7.80. The Morgan fingerprint density at radius 2 is 1.57 bits per heavy atom. The predicted molar refractivity (Wildman–Crippen MR) is 103 cm³/mol. The molecule has 0 spiro atoms. The lowest BCUT2D eigenvalue weighted by Gasteiger charge is -2.22. The zero-order valence-corrected chi connectivity index (χ0v) is 16.2. The number of benzene rings is 1. The quantitative estimate of drug-likeness (QED) is 0.745. The Morgan fingerprint density at radius 1 is 1.09 bits per heavy atom. The Labute approximate surface area is 146 Å². The molecule has 1 rings (SSSR count). The molecule has 0 aliphatic rings. The third-order valence-corrected chi connectivity index (χ3v) is 3.76. The van der Waals surface area contributed by atoms with Crippen LogP contribution in [0.15, 0.2) is 18.2 Å². The van der Waals surface area contributed by atoms with E-state index < -0.39 is 0 Å². The van der Waals surface area contributed by atoms with E-state index >= 15 is 0 Å². The first-order chi connectivity index (χ1) is 10.5. The van der Waals surface area contributed by atoms with Gasteiger partial charge in [-0.05, 0) is 40.6 Å². The van der Waals surface area contributed by atoms with Crippen molar-refractivity contribution in [2.24, 2.45) is 5.41 Å². The van der Waals surface area contributed by atoms with Crippen LogP contribution in [0.3, 0.4) is 0 Å². The fraction of sp³-hybridized carbons (Fsp3) is 0.579. The van der Waals surface area contributed by atoms with Gasteiger partial charge in [0.05, 0.1) is 0 Å². The first-order valence-electron chi connectivity index (χ1n) is 8.25. The number of carbonyl (C=O) groups excluding carboxylic acids is 1. The summed E-state index contributed by atoms with van der Waals surface area (Å²) in [6.45, 7) is 14.7. The van der Waals surface area contributed by atoms with E-state index in [0.717, 1.165) is 5.69 Å². The second-order valence-electron chi connectivity index (χ2n) is 7.86. The molecule has 0 radical (unpaired) electrons. The number of hydrogen-bond acceptors (Lipinski definition) is 2. The Hall–Kier alpha value is -1.42. The van der Waals surface area contributed by atoms with Crippen molar-refractivity contribution in [3.63, 3.8) is 0 Å². The Bertz CT molecular complexity index is 545. The molecular formula is C19H30N2OS. The number of para-hydroxylation sites is 1. The van der Waals surface area contributed by atoms with E-state index in [1.807, 2.05) is 20.8 Å². The average molecular weight is 335 g/mol. The molecule has 0 fully saturated rings. The molecule has 0 unspecified atom stereocenters. The molecule has 0 bridgehead atoms. The Balaban J connectivity index is 2.95. The second kappa shape index (κ2) is 7.91. The van der Waals surface area contributed by atoms with Crippen molar-refractivity contribution in [1.82, 2.24) is 5.32 Å². The highest BCUT2D eigenvalue weighted by Gasteiger charge is 2.18. The van der Waals surface area contributed by atoms with Crippen LogP contribution in [-0.4, -0.2) is 11.0 Å². The monoisotopic (exact) mass is 334 g/mol. The van der Waals surface area contributed by atoms with Crippen LogP contribution >= 0.6 is 12.2 Å². The summed E-state index contributed by atoms with van der Waals surface area (Å²) in [4.78, 5) is 12.1. The van der Waals surface area contributed by atoms with Gasteiger partial charge in [0.15, 0.2) is 5.11 Å². The number of hydrogen-bond donors (Lipinski definition) is 2. The van der Waals surface area contributed by atoms with Crippen LogP contribution in [0.5, 0.6) is 0 Å². The Morgan fingerprint density at radius 3 is 1.96 bits per heavy atom. The summed E-state index contributed by atoms with van der Waals surface area (Å²) in [7, 11) is 0. The van der Waals surface area contributed by atoms with Crippen LogP contribution in [0, 0.1) is 5.41 Å². The van der Waals surface area contributed by atoms with Gasteiger partial charge in [0.1, 0.15) is 0 Å². The summed E-state index contributed by atoms with van der Waals surface area (Å²) in [6, 6.07) is 6.30. The summed E-state index contributed by atoms with van der Waals surface area (Å²) < 4.78 is 0. The molecule has 3 nitrogen and oxygen atoms in total. The van der Waals surface area contributed by atoms with Crippen molar-refractivity contribution in [3.8, 4) is 0 Å². The molecule has 1 aromatic carbocycles. The minimum atomic E-state index is -0.0569. The van der Waals surface area contributed by atoms with Gasteiger partial charge in [-0.15, -0.1) is 0 Å². The molecular weight excluding hydrogens is 304 g/mol. The first-order valence-corrected chi connectivity index (χ1v) is 8.65. The van der Waals surface area contributed by atoms with Crippen molar-refractivity contribution in [3.05, 3.63) is 29.3 Å². The lowest BCUT2D eigenvalue weighted by molar-refractivity contribution is -0.121. The zero-order valence-electron chi connectivity index (χ0n) is 15.4. The fourth-order valence-electron chi connectivity index (χ4n) is 2.49. The number of rotatable bonds is 4. The summed E-state index contributed by atoms with van der Waals surface area (Å²) in [5, 5.41) is 6.43. The molecule has 0 aliphatic heterocycles. The summed E-state index contributed by atoms with van der Waals surface area (Å²) in [6.07, 6.45) is 0.442. The number of carbonyl (C=O) groups is 1. The standard InChI is InChI=1S/C19H30N2OS/c1-12(2)14-9-8-10-15(13(3)4)17(14)21-18(23)20-16(22)11-19(5,6)7/h8-10,12-13H,11H2,1-7H3,(H2,20,21,22,23). The van der Waals surface area contributed by atoms with Crippen molar-refractivity contribution < 1.29 is 4.79 Å². The lowest BCUT2D eigenvalue weighted by Crippen LogP contribution is -2.36. The van der Waals surface area contributed by atoms with Crippen molar-refractivity contribution >= 4 is 28.9 Å². The fourth-order valence-corrected chi connectivity index (χ4v) is 2.71. The van der Waals surface area contributed by atoms with Gasteiger partial charge in [-0.2, -0.15) is 0 Å². The average Bonchev–Trinajstić information content (AvgIpc) is 2.35. The molecule has 128 valence electrons. The van der Waals surface area contributed by atoms with Gasteiger partial charge in [0.2, 0.25) is 5.91 Å². The van der Waals surface area contributed by atoms with Gasteiger partial charge in [0.25, 0.3) is 0 Å². The third kappa shape index (κ3) is 6.30. The minimum absolute atomic E-state index is 0.0527. The van der Waals surface area contributed by atoms with E-state index in [-0.39, 0.29) is 11.3 Å². The van der Waals surface area contributed by atoms with Crippen LogP contribution in [0.2, 0.25) is 0 Å². The number of anilines is 1. The van der Waals surface area contributed by atoms with Crippen molar-refractivity contribution in [2.45, 2.75) is 66.7 Å². The van der Waals surface area contributed by atoms with Crippen LogP contribution in [0.4, 0.5) is 5.69 Å². The molecule has 0 heterocycles. The van der Waals surface area contributed by atoms with Gasteiger partial charge in [0, 0.05) is 12.1 Å². The zero-order chi connectivity index (χ0) is 17.8. The minimum Gasteiger partial charge on any atom is -0.332 e. The predicted octanol–water partition coefficient (Wildman–Crippen LogP) is 5.18. The van der Waals surface area contributed by atoms with E-state index in [9.17, 15) is 4.79 Å². The molecule has 23 heavy (non-hydrogen) atoms. The van der Waals surface area contributed by atoms with Gasteiger partial charge in [-0.25, -0.2) is 0 Å². The van der Waals surface area contributed by atoms with Crippen molar-refractivity contribution in [1.29, 1.82) is 0 Å². The van der Waals surface area contributed by atoms with Gasteiger partial charge in [-0.3, -0.25) is 4.79 Å². The molecule has 2 N–H and O–H groups in total. The van der Waals surface area contributed by atoms with Gasteiger partial charge in [-0.1, -0.05) is 66.7 Å². The molecule has 0 saturated heterocycles. The number of thiocarbonyl (C=S) groups is 1. The van der Waals surface area contributed by atoms with E-state index in [0.29, 0.717) is 23.4 Å². The molecule has 1 aromatic rings. The van der Waals surface area contributed by atoms with Gasteiger partial charge >= 0.3 is 0 Å². The maximum atomic E-state index is 12.1. The maximum absolute atomic E-state index is 12.1. The molecule has 0 saturated carbocycles. The number of nitrogens with one attached hydrogen (secondary N) is 2. The summed E-state index contributed by atoms with van der Waals surface area (Å²) >= 11 is 5.35. The third-order valence-electron chi connectivity index (χ3n) is 3.56. The van der Waals surface area contributed by atoms with E-state index in [1.165, 1.54) is 11.1 Å². The molecule has 4 heteroatoms. The highest BCUT2D eigenvalue weighted by atomic mass is 32.1. The van der Waals surface area contributed by atoms with Crippen molar-refractivity contribution in [2.75, 3.05) is 5.32 Å². The largest absolute Gasteiger partial charge is 0.332 e. The topological polar surface area (TPSA) is 41.1 Å². The SMILES string of the molecule is CC(C)c1cccc(C(C)C)c1NC(=S)NC(=O)CC(C)(C)C. The highest BCUT2D eigenvalue weighted by Crippen LogP contribution is 2.32. The maximum Gasteiger partial charge on any atom is 0.226 e. The molecule has 0 aliphatic carbocycles. The van der Waals surface area contributed by atoms with E-state index in [2.05, 4.69) is 56.5 Å². The first kappa shape index (κ1) is 19.6. The van der Waals surface area contributed by atoms with E-state index in [1.54, 1.807) is 0 Å². The van der Waals surface area contributed by atoms with Crippen LogP contribution in [-0.2, 0) is 4.79 Å². The van der Waals surface area contributed by atoms with Crippen LogP contribution < -0.4 is 10.6 Å². The lowest BCUT2D eigenvalue weighted by atomic mass is 9.92. The summed E-state index contributed by atoms with van der Waals surface area (Å²) in [5.41, 5.74) is 3.39. The summed E-state index contributed by atoms with van der Waals surface area (Å²) in [5.74, 6) is 0.705. The second-order valence-corrected chi connectivity index (χ2v) is 8.27. The smallest absolute Gasteiger partial charge is 0.226 e. The molecule has 0 atom stereocenters. The van der Waals surface area contributed by atoms with E-state index in [4.69, 9.17) is 12.2 Å². The normalized spacial score (nSPS) is 11.7. The van der Waals surface area contributed by atoms with Crippen LogP contribution in [0.25, 0.3) is 0 Å². The van der Waals surface area contributed by atoms with Gasteiger partial charge < -0.3 is 10.6 Å².